The Labute approximate surface area is 300 Å². The highest BCUT2D eigenvalue weighted by Gasteiger charge is 2.23. The Hall–Kier alpha value is -6.90. The average Bonchev–Trinajstić information content (AvgIpc) is 3.74. The fraction of sp³-hybridized carbons (Fsp3) is 0. The van der Waals surface area contributed by atoms with Gasteiger partial charge in [-0.3, -0.25) is 4.57 Å². The van der Waals surface area contributed by atoms with Crippen molar-refractivity contribution in [2.24, 2.45) is 0 Å². The molecule has 0 aliphatic heterocycles. The zero-order valence-electron chi connectivity index (χ0n) is 28.3. The van der Waals surface area contributed by atoms with Crippen LogP contribution in [0.1, 0.15) is 0 Å². The van der Waals surface area contributed by atoms with Crippen molar-refractivity contribution in [3.63, 3.8) is 0 Å². The summed E-state index contributed by atoms with van der Waals surface area (Å²) >= 11 is 0. The quantitative estimate of drug-likeness (QED) is 0.172. The molecule has 0 saturated carbocycles. The van der Waals surface area contributed by atoms with Gasteiger partial charge in [0.15, 0.2) is 0 Å². The van der Waals surface area contributed by atoms with Crippen LogP contribution < -0.4 is 0 Å². The van der Waals surface area contributed by atoms with Gasteiger partial charge in [0.1, 0.15) is 5.58 Å². The molecule has 0 fully saturated rings. The predicted molar refractivity (Wildman–Crippen MR) is 219 cm³/mol. The van der Waals surface area contributed by atoms with E-state index in [2.05, 4.69) is 187 Å². The summed E-state index contributed by atoms with van der Waals surface area (Å²) in [5.74, 6) is 0. The lowest BCUT2D eigenvalue weighted by Crippen LogP contribution is -1.94. The third kappa shape index (κ3) is 4.19. The summed E-state index contributed by atoms with van der Waals surface area (Å²) in [7, 11) is 0. The van der Waals surface area contributed by atoms with Crippen LogP contribution in [0.4, 0.5) is 0 Å². The molecule has 0 spiro atoms. The monoisotopic (exact) mass is 661 g/mol. The Morgan fingerprint density at radius 1 is 0.365 bits per heavy atom. The van der Waals surface area contributed by atoms with Crippen LogP contribution >= 0.6 is 0 Å². The number of aromatic nitrogens is 1. The Morgan fingerprint density at radius 3 is 1.67 bits per heavy atom. The van der Waals surface area contributed by atoms with Gasteiger partial charge in [-0.25, -0.2) is 0 Å². The Balaban J connectivity index is 1.22. The van der Waals surface area contributed by atoms with Crippen molar-refractivity contribution < 1.29 is 4.42 Å². The van der Waals surface area contributed by atoms with E-state index in [-0.39, 0.29) is 0 Å². The van der Waals surface area contributed by atoms with Crippen LogP contribution in [0.3, 0.4) is 0 Å². The first-order valence-electron chi connectivity index (χ1n) is 17.9. The van der Waals surface area contributed by atoms with Crippen molar-refractivity contribution in [2.75, 3.05) is 0 Å². The van der Waals surface area contributed by atoms with Crippen molar-refractivity contribution in [3.05, 3.63) is 188 Å². The highest BCUT2D eigenvalue weighted by molar-refractivity contribution is 6.25. The zero-order chi connectivity index (χ0) is 34.2. The summed E-state index contributed by atoms with van der Waals surface area (Å²) in [5.41, 5.74) is 11.4. The van der Waals surface area contributed by atoms with Gasteiger partial charge in [0, 0.05) is 16.5 Å². The molecular formula is C50H31NO. The summed E-state index contributed by atoms with van der Waals surface area (Å²) in [6.45, 7) is 0. The van der Waals surface area contributed by atoms with Gasteiger partial charge in [0.2, 0.25) is 5.71 Å². The van der Waals surface area contributed by atoms with Crippen LogP contribution in [0, 0.1) is 0 Å². The third-order valence-corrected chi connectivity index (χ3v) is 10.8. The lowest BCUT2D eigenvalue weighted by Gasteiger charge is -2.20. The second kappa shape index (κ2) is 11.3. The number of hydrogen-bond acceptors (Lipinski definition) is 1. The van der Waals surface area contributed by atoms with E-state index in [1.807, 2.05) is 6.07 Å². The van der Waals surface area contributed by atoms with E-state index in [0.29, 0.717) is 0 Å². The Kier molecular flexibility index (Phi) is 6.28. The number of furan rings is 1. The molecule has 2 aromatic heterocycles. The molecule has 0 amide bonds. The van der Waals surface area contributed by atoms with Crippen molar-refractivity contribution in [2.45, 2.75) is 0 Å². The highest BCUT2D eigenvalue weighted by atomic mass is 16.3. The number of rotatable bonds is 4. The van der Waals surface area contributed by atoms with Gasteiger partial charge in [-0.05, 0) is 96.0 Å². The van der Waals surface area contributed by atoms with E-state index in [0.717, 1.165) is 33.3 Å². The molecule has 52 heavy (non-hydrogen) atoms. The van der Waals surface area contributed by atoms with Gasteiger partial charge in [-0.1, -0.05) is 158 Å². The molecule has 2 nitrogen and oxygen atoms in total. The van der Waals surface area contributed by atoms with Crippen LogP contribution in [0.5, 0.6) is 0 Å². The van der Waals surface area contributed by atoms with Gasteiger partial charge >= 0.3 is 0 Å². The SMILES string of the molecule is c1ccc(-n2c3ccc(-c4c5ccccc5c(-c5ccccc5-c5cccc6ccccc56)c5ccccc45)cc3c3c4ccccc4oc32)cc1. The summed E-state index contributed by atoms with van der Waals surface area (Å²) in [4.78, 5) is 0. The first-order chi connectivity index (χ1) is 25.8. The molecule has 2 heterocycles. The molecule has 0 unspecified atom stereocenters. The largest absolute Gasteiger partial charge is 0.439 e. The van der Waals surface area contributed by atoms with Crippen LogP contribution in [-0.2, 0) is 0 Å². The summed E-state index contributed by atoms with van der Waals surface area (Å²) in [6, 6.07) is 68.0. The van der Waals surface area contributed by atoms with Crippen molar-refractivity contribution in [1.29, 1.82) is 0 Å². The lowest BCUT2D eigenvalue weighted by molar-refractivity contribution is 0.645. The fourth-order valence-electron chi connectivity index (χ4n) is 8.61. The zero-order valence-corrected chi connectivity index (χ0v) is 28.3. The molecule has 0 aliphatic carbocycles. The van der Waals surface area contributed by atoms with E-state index < -0.39 is 0 Å². The topological polar surface area (TPSA) is 18.1 Å². The second-order valence-electron chi connectivity index (χ2n) is 13.6. The Morgan fingerprint density at radius 2 is 0.923 bits per heavy atom. The molecular weight excluding hydrogens is 631 g/mol. The summed E-state index contributed by atoms with van der Waals surface area (Å²) in [6.07, 6.45) is 0. The lowest BCUT2D eigenvalue weighted by atomic mass is 9.83. The van der Waals surface area contributed by atoms with Crippen LogP contribution in [-0.4, -0.2) is 4.57 Å². The number of benzene rings is 9. The molecule has 9 aromatic carbocycles. The number of fused-ring (bicyclic) bond motifs is 8. The fourth-order valence-corrected chi connectivity index (χ4v) is 8.61. The molecule has 2 heteroatoms. The molecule has 11 rings (SSSR count). The molecule has 242 valence electrons. The van der Waals surface area contributed by atoms with Gasteiger partial charge in [-0.15, -0.1) is 0 Å². The van der Waals surface area contributed by atoms with Crippen molar-refractivity contribution >= 4 is 65.3 Å². The van der Waals surface area contributed by atoms with E-state index >= 15 is 0 Å². The van der Waals surface area contributed by atoms with Crippen molar-refractivity contribution in [3.8, 4) is 39.1 Å². The molecule has 0 N–H and O–H groups in total. The molecule has 11 aromatic rings. The first kappa shape index (κ1) is 28.9. The number of para-hydroxylation sites is 2. The maximum atomic E-state index is 6.61. The number of nitrogens with zero attached hydrogens (tertiary/aromatic N) is 1. The second-order valence-corrected chi connectivity index (χ2v) is 13.6. The summed E-state index contributed by atoms with van der Waals surface area (Å²) in [5, 5.41) is 10.9. The molecule has 0 radical (unpaired) electrons. The third-order valence-electron chi connectivity index (χ3n) is 10.8. The average molecular weight is 662 g/mol. The summed E-state index contributed by atoms with van der Waals surface area (Å²) < 4.78 is 8.87. The van der Waals surface area contributed by atoms with E-state index in [1.165, 1.54) is 71.1 Å². The van der Waals surface area contributed by atoms with E-state index in [9.17, 15) is 0 Å². The van der Waals surface area contributed by atoms with Gasteiger partial charge < -0.3 is 4.42 Å². The maximum absolute atomic E-state index is 6.61. The minimum Gasteiger partial charge on any atom is -0.439 e. The predicted octanol–water partition coefficient (Wildman–Crippen LogP) is 14.0. The normalized spacial score (nSPS) is 11.8. The maximum Gasteiger partial charge on any atom is 0.213 e. The molecule has 0 bridgehead atoms. The van der Waals surface area contributed by atoms with Crippen molar-refractivity contribution in [1.82, 2.24) is 4.57 Å². The Bertz CT molecular complexity index is 3120. The minimum absolute atomic E-state index is 0.870. The molecule has 0 aliphatic rings. The van der Waals surface area contributed by atoms with Gasteiger partial charge in [-0.2, -0.15) is 0 Å². The van der Waals surface area contributed by atoms with Gasteiger partial charge in [0.25, 0.3) is 0 Å². The van der Waals surface area contributed by atoms with Crippen LogP contribution in [0.2, 0.25) is 0 Å². The van der Waals surface area contributed by atoms with Crippen LogP contribution in [0.15, 0.2) is 192 Å². The highest BCUT2D eigenvalue weighted by Crippen LogP contribution is 2.48. The standard InChI is InChI=1S/C50H31NO/c1-2-17-34(18-3-1)51-45-30-29-33(31-44(45)49-43-26-12-13-28-46(43)52-50(49)51)47-39-22-8-10-24-41(39)48(42-25-11-9-23-40(42)47)38-21-7-6-20-37(38)36-27-14-16-32-15-4-5-19-35(32)36/h1-31H. The van der Waals surface area contributed by atoms with E-state index in [1.54, 1.807) is 0 Å². The first-order valence-corrected chi connectivity index (χ1v) is 17.9. The van der Waals surface area contributed by atoms with E-state index in [4.69, 9.17) is 4.42 Å². The van der Waals surface area contributed by atoms with Gasteiger partial charge in [0.05, 0.1) is 10.9 Å². The molecule has 0 saturated heterocycles. The number of hydrogen-bond donors (Lipinski definition) is 0. The van der Waals surface area contributed by atoms with Crippen LogP contribution in [0.25, 0.3) is 104 Å². The molecule has 0 atom stereocenters. The minimum atomic E-state index is 0.870. The smallest absolute Gasteiger partial charge is 0.213 e.